The summed E-state index contributed by atoms with van der Waals surface area (Å²) in [4.78, 5) is 59.8. The molecular formula is C37H32N2O5. The maximum atomic E-state index is 13.7. The highest BCUT2D eigenvalue weighted by Gasteiger charge is 2.59. The number of hydrogen-bond donors (Lipinski definition) is 0. The van der Waals surface area contributed by atoms with E-state index in [0.717, 1.165) is 17.5 Å². The van der Waals surface area contributed by atoms with E-state index in [-0.39, 0.29) is 41.3 Å². The number of allylic oxidation sites excluding steroid dienone is 2. The number of imide groups is 1. The second-order valence-electron chi connectivity index (χ2n) is 12.0. The normalized spacial score (nSPS) is 22.5. The van der Waals surface area contributed by atoms with Crippen LogP contribution in [-0.4, -0.2) is 34.7 Å². The summed E-state index contributed by atoms with van der Waals surface area (Å²) in [5.41, 5.74) is 4.17. The highest BCUT2D eigenvalue weighted by molar-refractivity contribution is 6.23. The van der Waals surface area contributed by atoms with Crippen molar-refractivity contribution in [3.8, 4) is 11.3 Å². The van der Waals surface area contributed by atoms with Crippen molar-refractivity contribution < 1.29 is 23.9 Å². The Morgan fingerprint density at radius 2 is 1.59 bits per heavy atom. The van der Waals surface area contributed by atoms with Gasteiger partial charge in [-0.05, 0) is 55.4 Å². The fourth-order valence-electron chi connectivity index (χ4n) is 7.13. The molecule has 2 aliphatic carbocycles. The molecule has 5 unspecified atom stereocenters. The van der Waals surface area contributed by atoms with E-state index < -0.39 is 12.1 Å². The lowest BCUT2D eigenvalue weighted by atomic mass is 9.85. The molecule has 7 nitrogen and oxygen atoms in total. The largest absolute Gasteiger partial charge is 0.450 e. The summed E-state index contributed by atoms with van der Waals surface area (Å²) in [6.07, 6.45) is 5.22. The first kappa shape index (κ1) is 27.9. The van der Waals surface area contributed by atoms with Crippen LogP contribution in [0.25, 0.3) is 22.2 Å². The van der Waals surface area contributed by atoms with Crippen molar-refractivity contribution in [2.75, 3.05) is 4.90 Å². The molecule has 220 valence electrons. The molecule has 2 bridgehead atoms. The third kappa shape index (κ3) is 4.55. The topological polar surface area (TPSA) is 93.6 Å². The van der Waals surface area contributed by atoms with Crippen molar-refractivity contribution in [1.82, 2.24) is 4.98 Å². The van der Waals surface area contributed by atoms with Crippen LogP contribution in [0.5, 0.6) is 0 Å². The van der Waals surface area contributed by atoms with Gasteiger partial charge in [0, 0.05) is 16.5 Å². The number of carbonyl (C=O) groups excluding carboxylic acids is 4. The van der Waals surface area contributed by atoms with Gasteiger partial charge in [-0.25, -0.2) is 9.78 Å². The molecule has 0 N–H and O–H groups in total. The molecule has 5 atom stereocenters. The Morgan fingerprint density at radius 3 is 2.25 bits per heavy atom. The fraction of sp³-hybridized carbons (Fsp3) is 0.270. The summed E-state index contributed by atoms with van der Waals surface area (Å²) in [5, 5.41) is 0.640. The van der Waals surface area contributed by atoms with Crippen molar-refractivity contribution in [2.45, 2.75) is 39.2 Å². The van der Waals surface area contributed by atoms with Gasteiger partial charge in [-0.2, -0.15) is 0 Å². The number of benzene rings is 3. The van der Waals surface area contributed by atoms with Crippen molar-refractivity contribution in [3.05, 3.63) is 108 Å². The number of ether oxygens (including phenoxy) is 1. The van der Waals surface area contributed by atoms with Gasteiger partial charge in [-0.15, -0.1) is 0 Å². The standard InChI is InChI=1S/C37H32N2O5/c1-3-8-30(34(40)23-10-5-4-6-11-23)44-37(43)28-20-29(38-33-21(2)9-7-12-27(28)33)22-15-17-26(18-16-22)39-35(41)31-24-13-14-25(19-24)32(31)36(39)42/h4-7,9-18,20,24-25,30-32H,3,8,19H2,1-2H3. The number of Topliss-reactive ketones (excluding diaryl/α,β-unsaturated/α-hetero) is 1. The van der Waals surface area contributed by atoms with Crippen LogP contribution >= 0.6 is 0 Å². The van der Waals surface area contributed by atoms with Gasteiger partial charge in [-0.3, -0.25) is 19.3 Å². The number of amides is 2. The lowest BCUT2D eigenvalue weighted by Gasteiger charge is -2.19. The highest BCUT2D eigenvalue weighted by atomic mass is 16.5. The third-order valence-electron chi connectivity index (χ3n) is 9.30. The number of anilines is 1. The summed E-state index contributed by atoms with van der Waals surface area (Å²) >= 11 is 0. The molecule has 0 spiro atoms. The van der Waals surface area contributed by atoms with Crippen LogP contribution < -0.4 is 4.90 Å². The minimum Gasteiger partial charge on any atom is -0.450 e. The Kier molecular flexibility index (Phi) is 6.96. The average Bonchev–Trinajstić information content (AvgIpc) is 3.74. The maximum absolute atomic E-state index is 13.7. The number of rotatable bonds is 8. The number of pyridine rings is 1. The molecule has 44 heavy (non-hydrogen) atoms. The van der Waals surface area contributed by atoms with Gasteiger partial charge >= 0.3 is 5.97 Å². The smallest absolute Gasteiger partial charge is 0.339 e. The average molecular weight is 585 g/mol. The summed E-state index contributed by atoms with van der Waals surface area (Å²) in [5.74, 6) is -1.30. The predicted octanol–water partition coefficient (Wildman–Crippen LogP) is 6.73. The number of fused-ring (bicyclic) bond motifs is 6. The Balaban J connectivity index is 1.20. The zero-order valence-corrected chi connectivity index (χ0v) is 24.6. The molecule has 1 saturated carbocycles. The van der Waals surface area contributed by atoms with E-state index in [1.54, 1.807) is 42.5 Å². The van der Waals surface area contributed by atoms with Crippen molar-refractivity contribution >= 4 is 40.2 Å². The predicted molar refractivity (Wildman–Crippen MR) is 167 cm³/mol. The number of nitrogens with zero attached hydrogens (tertiary/aromatic N) is 2. The first-order valence-corrected chi connectivity index (χ1v) is 15.2. The minimum atomic E-state index is -0.911. The first-order chi connectivity index (χ1) is 21.4. The summed E-state index contributed by atoms with van der Waals surface area (Å²) in [6.45, 7) is 3.88. The van der Waals surface area contributed by atoms with E-state index in [2.05, 4.69) is 12.2 Å². The van der Waals surface area contributed by atoms with Crippen LogP contribution in [-0.2, 0) is 14.3 Å². The molecule has 0 radical (unpaired) electrons. The maximum Gasteiger partial charge on any atom is 0.339 e. The van der Waals surface area contributed by atoms with Gasteiger partial charge < -0.3 is 4.74 Å². The van der Waals surface area contributed by atoms with Crippen LogP contribution in [0.3, 0.4) is 0 Å². The molecular weight excluding hydrogens is 552 g/mol. The molecule has 3 aliphatic rings. The van der Waals surface area contributed by atoms with Crippen molar-refractivity contribution in [1.29, 1.82) is 0 Å². The number of esters is 1. The molecule has 4 aromatic rings. The number of carbonyl (C=O) groups is 4. The number of ketones is 1. The van der Waals surface area contributed by atoms with E-state index in [1.165, 1.54) is 4.90 Å². The molecule has 1 aromatic heterocycles. The summed E-state index contributed by atoms with van der Waals surface area (Å²) in [6, 6.07) is 23.3. The minimum absolute atomic E-state index is 0.124. The summed E-state index contributed by atoms with van der Waals surface area (Å²) < 4.78 is 5.90. The first-order valence-electron chi connectivity index (χ1n) is 15.2. The van der Waals surface area contributed by atoms with Crippen LogP contribution in [0.15, 0.2) is 91.0 Å². The SMILES string of the molecule is CCCC(OC(=O)c1cc(-c2ccc(N3C(=O)C4C5C=CC(C5)C4C3=O)cc2)nc2c(C)cccc12)C(=O)c1ccccc1. The van der Waals surface area contributed by atoms with E-state index >= 15 is 0 Å². The van der Waals surface area contributed by atoms with Crippen LogP contribution in [0.4, 0.5) is 5.69 Å². The Hall–Kier alpha value is -4.91. The van der Waals surface area contributed by atoms with Crippen LogP contribution in [0, 0.1) is 30.6 Å². The summed E-state index contributed by atoms with van der Waals surface area (Å²) in [7, 11) is 0. The molecule has 7 heteroatoms. The van der Waals surface area contributed by atoms with Gasteiger partial charge in [0.15, 0.2) is 6.10 Å². The molecule has 3 aromatic carbocycles. The number of hydrogen-bond acceptors (Lipinski definition) is 6. The Bertz CT molecular complexity index is 1820. The monoisotopic (exact) mass is 584 g/mol. The molecule has 1 aliphatic heterocycles. The van der Waals surface area contributed by atoms with Gasteiger partial charge in [0.05, 0.1) is 34.3 Å². The van der Waals surface area contributed by atoms with E-state index in [9.17, 15) is 19.2 Å². The number of para-hydroxylation sites is 1. The zero-order valence-electron chi connectivity index (χ0n) is 24.6. The lowest BCUT2D eigenvalue weighted by molar-refractivity contribution is -0.123. The molecule has 2 fully saturated rings. The zero-order chi connectivity index (χ0) is 30.5. The number of aromatic nitrogens is 1. The van der Waals surface area contributed by atoms with Crippen molar-refractivity contribution in [2.24, 2.45) is 23.7 Å². The second kappa shape index (κ2) is 11.0. The van der Waals surface area contributed by atoms with Crippen molar-refractivity contribution in [3.63, 3.8) is 0 Å². The van der Waals surface area contributed by atoms with Gasteiger partial charge in [0.25, 0.3) is 0 Å². The lowest BCUT2D eigenvalue weighted by Crippen LogP contribution is -2.32. The Morgan fingerprint density at radius 1 is 0.909 bits per heavy atom. The quantitative estimate of drug-likeness (QED) is 0.0987. The van der Waals surface area contributed by atoms with Crippen LogP contribution in [0.1, 0.15) is 52.5 Å². The van der Waals surface area contributed by atoms with E-state index in [0.29, 0.717) is 46.3 Å². The van der Waals surface area contributed by atoms with E-state index in [4.69, 9.17) is 9.72 Å². The van der Waals surface area contributed by atoms with Gasteiger partial charge in [0.1, 0.15) is 0 Å². The second-order valence-corrected chi connectivity index (χ2v) is 12.0. The molecule has 7 rings (SSSR count). The van der Waals surface area contributed by atoms with E-state index in [1.807, 2.05) is 50.2 Å². The molecule has 2 heterocycles. The molecule has 2 amide bonds. The van der Waals surface area contributed by atoms with Crippen LogP contribution in [0.2, 0.25) is 0 Å². The number of aryl methyl sites for hydroxylation is 1. The van der Waals surface area contributed by atoms with Gasteiger partial charge in [-0.1, -0.05) is 86.2 Å². The Labute approximate surface area is 255 Å². The third-order valence-corrected chi connectivity index (χ3v) is 9.30. The fourth-order valence-corrected chi connectivity index (χ4v) is 7.13. The van der Waals surface area contributed by atoms with Gasteiger partial charge in [0.2, 0.25) is 17.6 Å². The highest BCUT2D eigenvalue weighted by Crippen LogP contribution is 2.53. The molecule has 1 saturated heterocycles.